The van der Waals surface area contributed by atoms with Crippen LogP contribution in [0.2, 0.25) is 0 Å². The van der Waals surface area contributed by atoms with Crippen molar-refractivity contribution in [3.63, 3.8) is 0 Å². The summed E-state index contributed by atoms with van der Waals surface area (Å²) in [6.45, 7) is 5.56. The van der Waals surface area contributed by atoms with Crippen LogP contribution in [0.25, 0.3) is 0 Å². The molecule has 19 heavy (non-hydrogen) atoms. The lowest BCUT2D eigenvalue weighted by Gasteiger charge is -2.23. The second kappa shape index (κ2) is 10.2. The van der Waals surface area contributed by atoms with Gasteiger partial charge in [0, 0.05) is 27.1 Å². The highest BCUT2D eigenvalue weighted by Gasteiger charge is 2.17. The third kappa shape index (κ3) is 8.18. The molecule has 5 heteroatoms. The number of carbonyl (C=O) groups excluding carboxylic acids is 1. The molecule has 2 atom stereocenters. The number of aliphatic hydroxyl groups is 1. The van der Waals surface area contributed by atoms with Gasteiger partial charge in [0.15, 0.2) is 0 Å². The van der Waals surface area contributed by atoms with Gasteiger partial charge in [0.05, 0.1) is 12.7 Å². The molecule has 0 aliphatic carbocycles. The monoisotopic (exact) mass is 274 g/mol. The molecule has 0 spiro atoms. The van der Waals surface area contributed by atoms with Crippen LogP contribution in [0.15, 0.2) is 0 Å². The van der Waals surface area contributed by atoms with Gasteiger partial charge >= 0.3 is 0 Å². The van der Waals surface area contributed by atoms with E-state index in [2.05, 4.69) is 13.8 Å². The summed E-state index contributed by atoms with van der Waals surface area (Å²) in [6, 6.07) is 0. The van der Waals surface area contributed by atoms with Crippen LogP contribution < -0.4 is 5.73 Å². The van der Waals surface area contributed by atoms with Gasteiger partial charge in [0.2, 0.25) is 5.91 Å². The smallest absolute Gasteiger partial charge is 0.222 e. The molecule has 0 bridgehead atoms. The van der Waals surface area contributed by atoms with Crippen LogP contribution in [-0.2, 0) is 9.53 Å². The van der Waals surface area contributed by atoms with Crippen molar-refractivity contribution in [3.05, 3.63) is 0 Å². The Labute approximate surface area is 117 Å². The highest BCUT2D eigenvalue weighted by Crippen LogP contribution is 2.20. The summed E-state index contributed by atoms with van der Waals surface area (Å²) in [7, 11) is 3.25. The van der Waals surface area contributed by atoms with E-state index >= 15 is 0 Å². The number of rotatable bonds is 10. The first-order valence-electron chi connectivity index (χ1n) is 7.03. The Morgan fingerprint density at radius 3 is 2.47 bits per heavy atom. The van der Waals surface area contributed by atoms with E-state index in [1.165, 1.54) is 7.11 Å². The maximum Gasteiger partial charge on any atom is 0.222 e. The Morgan fingerprint density at radius 1 is 1.37 bits per heavy atom. The van der Waals surface area contributed by atoms with Gasteiger partial charge in [-0.2, -0.15) is 0 Å². The fourth-order valence-corrected chi connectivity index (χ4v) is 2.19. The first kappa shape index (κ1) is 18.4. The summed E-state index contributed by atoms with van der Waals surface area (Å²) in [4.78, 5) is 13.5. The minimum absolute atomic E-state index is 0.0674. The number of methoxy groups -OCH3 is 1. The van der Waals surface area contributed by atoms with Crippen molar-refractivity contribution in [2.45, 2.75) is 39.2 Å². The number of amides is 1. The fraction of sp³-hybridized carbons (Fsp3) is 0.929. The summed E-state index contributed by atoms with van der Waals surface area (Å²) >= 11 is 0. The van der Waals surface area contributed by atoms with Gasteiger partial charge in [-0.25, -0.2) is 0 Å². The van der Waals surface area contributed by atoms with E-state index in [0.29, 0.717) is 31.3 Å². The number of hydrogen-bond donors (Lipinski definition) is 2. The molecule has 0 saturated heterocycles. The third-order valence-electron chi connectivity index (χ3n) is 3.48. The van der Waals surface area contributed by atoms with Gasteiger partial charge in [-0.1, -0.05) is 13.8 Å². The van der Waals surface area contributed by atoms with Gasteiger partial charge < -0.3 is 20.5 Å². The molecule has 5 nitrogen and oxygen atoms in total. The Bertz CT molecular complexity index is 247. The molecular formula is C14H30N2O3. The predicted molar refractivity (Wildman–Crippen MR) is 76.8 cm³/mol. The van der Waals surface area contributed by atoms with Gasteiger partial charge in [0.25, 0.3) is 0 Å². The second-order valence-electron chi connectivity index (χ2n) is 5.50. The Hall–Kier alpha value is -0.650. The van der Waals surface area contributed by atoms with Crippen LogP contribution >= 0.6 is 0 Å². The van der Waals surface area contributed by atoms with E-state index in [1.54, 1.807) is 11.9 Å². The van der Waals surface area contributed by atoms with Gasteiger partial charge in [-0.05, 0) is 31.2 Å². The molecule has 0 fully saturated rings. The number of aliphatic hydroxyl groups excluding tert-OH is 1. The fourth-order valence-electron chi connectivity index (χ4n) is 2.19. The van der Waals surface area contributed by atoms with E-state index in [1.807, 2.05) is 0 Å². The van der Waals surface area contributed by atoms with E-state index in [4.69, 9.17) is 10.5 Å². The zero-order valence-electron chi connectivity index (χ0n) is 12.8. The van der Waals surface area contributed by atoms with E-state index < -0.39 is 6.10 Å². The van der Waals surface area contributed by atoms with Gasteiger partial charge in [-0.3, -0.25) is 4.79 Å². The van der Waals surface area contributed by atoms with Crippen LogP contribution in [0.3, 0.4) is 0 Å². The number of ether oxygens (including phenoxy) is 1. The molecule has 0 aliphatic heterocycles. The van der Waals surface area contributed by atoms with Crippen LogP contribution in [0.5, 0.6) is 0 Å². The quantitative estimate of drug-likeness (QED) is 0.619. The van der Waals surface area contributed by atoms with Crippen molar-refractivity contribution < 1.29 is 14.6 Å². The first-order valence-corrected chi connectivity index (χ1v) is 7.03. The summed E-state index contributed by atoms with van der Waals surface area (Å²) in [6.07, 6.45) is 1.71. The standard InChI is InChI=1S/C14H30N2O3/c1-11(2)12(7-8-15)5-6-14(18)16(3)9-13(17)10-19-4/h11-13,17H,5-10,15H2,1-4H3. The number of nitrogens with two attached hydrogens (primary N) is 1. The summed E-state index contributed by atoms with van der Waals surface area (Å²) in [5, 5.41) is 9.58. The average Bonchev–Trinajstić information content (AvgIpc) is 2.33. The third-order valence-corrected chi connectivity index (χ3v) is 3.48. The number of likely N-dealkylation sites (N-methyl/N-ethyl adjacent to an activating group) is 1. The molecule has 0 aromatic carbocycles. The summed E-state index contributed by atoms with van der Waals surface area (Å²) in [5.74, 6) is 1.10. The van der Waals surface area contributed by atoms with Crippen LogP contribution in [0.1, 0.15) is 33.1 Å². The number of carbonyl (C=O) groups is 1. The molecule has 114 valence electrons. The zero-order chi connectivity index (χ0) is 14.8. The van der Waals surface area contributed by atoms with Crippen molar-refractivity contribution in [1.29, 1.82) is 0 Å². The molecule has 3 N–H and O–H groups in total. The van der Waals surface area contributed by atoms with E-state index in [-0.39, 0.29) is 12.5 Å². The van der Waals surface area contributed by atoms with E-state index in [0.717, 1.165) is 12.8 Å². The highest BCUT2D eigenvalue weighted by atomic mass is 16.5. The van der Waals surface area contributed by atoms with Crippen LogP contribution in [-0.4, -0.2) is 55.9 Å². The Morgan fingerprint density at radius 2 is 2.00 bits per heavy atom. The van der Waals surface area contributed by atoms with Gasteiger partial charge in [-0.15, -0.1) is 0 Å². The molecule has 0 aromatic heterocycles. The second-order valence-corrected chi connectivity index (χ2v) is 5.50. The molecule has 0 heterocycles. The molecular weight excluding hydrogens is 244 g/mol. The van der Waals surface area contributed by atoms with Crippen molar-refractivity contribution in [2.75, 3.05) is 33.9 Å². The zero-order valence-corrected chi connectivity index (χ0v) is 12.8. The minimum atomic E-state index is -0.621. The van der Waals surface area contributed by atoms with Crippen LogP contribution in [0, 0.1) is 11.8 Å². The number of hydrogen-bond acceptors (Lipinski definition) is 4. The average molecular weight is 274 g/mol. The normalized spacial score (nSPS) is 14.5. The lowest BCUT2D eigenvalue weighted by Crippen LogP contribution is -2.36. The number of nitrogens with zero attached hydrogens (tertiary/aromatic N) is 1. The SMILES string of the molecule is COCC(O)CN(C)C(=O)CCC(CCN)C(C)C. The molecule has 0 saturated carbocycles. The largest absolute Gasteiger partial charge is 0.389 e. The van der Waals surface area contributed by atoms with Crippen molar-refractivity contribution in [2.24, 2.45) is 17.6 Å². The maximum atomic E-state index is 12.0. The summed E-state index contributed by atoms with van der Waals surface area (Å²) < 4.78 is 4.84. The molecule has 0 radical (unpaired) electrons. The predicted octanol–water partition coefficient (Wildman–Crippen LogP) is 0.853. The maximum absolute atomic E-state index is 12.0. The highest BCUT2D eigenvalue weighted by molar-refractivity contribution is 5.75. The minimum Gasteiger partial charge on any atom is -0.389 e. The molecule has 0 rings (SSSR count). The lowest BCUT2D eigenvalue weighted by molar-refractivity contribution is -0.132. The first-order chi connectivity index (χ1) is 8.92. The molecule has 2 unspecified atom stereocenters. The lowest BCUT2D eigenvalue weighted by atomic mass is 9.88. The van der Waals surface area contributed by atoms with Gasteiger partial charge in [0.1, 0.15) is 0 Å². The van der Waals surface area contributed by atoms with Crippen molar-refractivity contribution in [1.82, 2.24) is 4.90 Å². The molecule has 1 amide bonds. The van der Waals surface area contributed by atoms with E-state index in [9.17, 15) is 9.90 Å². The van der Waals surface area contributed by atoms with Crippen molar-refractivity contribution in [3.8, 4) is 0 Å². The van der Waals surface area contributed by atoms with Crippen LogP contribution in [0.4, 0.5) is 0 Å². The Kier molecular flexibility index (Phi) is 9.83. The Balaban J connectivity index is 4.07. The molecule has 0 aliphatic rings. The summed E-state index contributed by atoms with van der Waals surface area (Å²) in [5.41, 5.74) is 5.59. The topological polar surface area (TPSA) is 75.8 Å². The molecule has 0 aromatic rings. The van der Waals surface area contributed by atoms with Crippen molar-refractivity contribution >= 4 is 5.91 Å².